The Morgan fingerprint density at radius 3 is 2.33 bits per heavy atom. The van der Waals surface area contributed by atoms with Crippen LogP contribution in [0.5, 0.6) is 0 Å². The van der Waals surface area contributed by atoms with E-state index in [0.717, 1.165) is 12.1 Å². The molecule has 0 saturated heterocycles. The first-order chi connectivity index (χ1) is 10.1. The van der Waals surface area contributed by atoms with Gasteiger partial charge < -0.3 is 5.32 Å². The van der Waals surface area contributed by atoms with Crippen molar-refractivity contribution < 1.29 is 8.78 Å². The van der Waals surface area contributed by atoms with Crippen LogP contribution in [0.3, 0.4) is 0 Å². The minimum Gasteiger partial charge on any atom is -0.310 e. The topological polar surface area (TPSA) is 12.0 Å². The van der Waals surface area contributed by atoms with Crippen molar-refractivity contribution in [2.45, 2.75) is 26.3 Å². The standard InChI is InChI=1S/C18H21F2N/c1-3-21-18(15-7-5-4-6-8-15)13(2)11-14-9-10-16(19)17(20)12-14/h4-10,12-13,18,21H,3,11H2,1-2H3. The lowest BCUT2D eigenvalue weighted by Crippen LogP contribution is -2.28. The van der Waals surface area contributed by atoms with Gasteiger partial charge in [-0.3, -0.25) is 0 Å². The summed E-state index contributed by atoms with van der Waals surface area (Å²) in [6.45, 7) is 5.06. The molecule has 0 aliphatic heterocycles. The highest BCUT2D eigenvalue weighted by molar-refractivity contribution is 5.22. The van der Waals surface area contributed by atoms with Crippen LogP contribution >= 0.6 is 0 Å². The highest BCUT2D eigenvalue weighted by atomic mass is 19.2. The van der Waals surface area contributed by atoms with E-state index in [4.69, 9.17) is 0 Å². The first-order valence-corrected chi connectivity index (χ1v) is 7.34. The van der Waals surface area contributed by atoms with Crippen LogP contribution in [0.4, 0.5) is 8.78 Å². The maximum atomic E-state index is 13.3. The smallest absolute Gasteiger partial charge is 0.159 e. The summed E-state index contributed by atoms with van der Waals surface area (Å²) in [6, 6.07) is 14.6. The first kappa shape index (κ1) is 15.6. The number of halogens is 2. The van der Waals surface area contributed by atoms with E-state index in [0.29, 0.717) is 6.42 Å². The molecule has 0 bridgehead atoms. The summed E-state index contributed by atoms with van der Waals surface area (Å²) in [5.41, 5.74) is 2.04. The maximum Gasteiger partial charge on any atom is 0.159 e. The Morgan fingerprint density at radius 1 is 1.00 bits per heavy atom. The van der Waals surface area contributed by atoms with Crippen LogP contribution in [0.25, 0.3) is 0 Å². The zero-order valence-electron chi connectivity index (χ0n) is 12.4. The molecule has 0 aliphatic carbocycles. The van der Waals surface area contributed by atoms with E-state index >= 15 is 0 Å². The van der Waals surface area contributed by atoms with Gasteiger partial charge in [-0.15, -0.1) is 0 Å². The maximum absolute atomic E-state index is 13.3. The Morgan fingerprint density at radius 2 is 1.71 bits per heavy atom. The van der Waals surface area contributed by atoms with Crippen LogP contribution in [0.15, 0.2) is 48.5 Å². The Hall–Kier alpha value is -1.74. The van der Waals surface area contributed by atoms with E-state index in [1.807, 2.05) is 18.2 Å². The number of rotatable bonds is 6. The van der Waals surface area contributed by atoms with E-state index in [9.17, 15) is 8.78 Å². The molecule has 0 amide bonds. The van der Waals surface area contributed by atoms with Crippen molar-refractivity contribution in [1.82, 2.24) is 5.32 Å². The summed E-state index contributed by atoms with van der Waals surface area (Å²) in [7, 11) is 0. The van der Waals surface area contributed by atoms with Crippen LogP contribution < -0.4 is 5.32 Å². The molecule has 2 unspecified atom stereocenters. The minimum absolute atomic E-state index is 0.198. The van der Waals surface area contributed by atoms with Crippen LogP contribution in [-0.2, 0) is 6.42 Å². The average Bonchev–Trinajstić information content (AvgIpc) is 2.49. The molecule has 0 radical (unpaired) electrons. The van der Waals surface area contributed by atoms with Gasteiger partial charge >= 0.3 is 0 Å². The molecule has 1 N–H and O–H groups in total. The summed E-state index contributed by atoms with van der Waals surface area (Å²) < 4.78 is 26.3. The van der Waals surface area contributed by atoms with Gasteiger partial charge in [0.15, 0.2) is 11.6 Å². The predicted molar refractivity (Wildman–Crippen MR) is 82.1 cm³/mol. The average molecular weight is 289 g/mol. The zero-order valence-corrected chi connectivity index (χ0v) is 12.4. The second kappa shape index (κ2) is 7.32. The lowest BCUT2D eigenvalue weighted by Gasteiger charge is -2.25. The van der Waals surface area contributed by atoms with Gasteiger partial charge in [-0.2, -0.15) is 0 Å². The van der Waals surface area contributed by atoms with Gasteiger partial charge in [0.05, 0.1) is 0 Å². The molecule has 0 heterocycles. The monoisotopic (exact) mass is 289 g/mol. The van der Waals surface area contributed by atoms with Gasteiger partial charge in [-0.05, 0) is 42.1 Å². The van der Waals surface area contributed by atoms with Crippen molar-refractivity contribution in [2.24, 2.45) is 5.92 Å². The van der Waals surface area contributed by atoms with Gasteiger partial charge in [-0.25, -0.2) is 8.78 Å². The van der Waals surface area contributed by atoms with E-state index in [2.05, 4.69) is 31.3 Å². The van der Waals surface area contributed by atoms with Crippen molar-refractivity contribution in [3.63, 3.8) is 0 Å². The summed E-state index contributed by atoms with van der Waals surface area (Å²) in [6.07, 6.45) is 0.698. The van der Waals surface area contributed by atoms with Crippen molar-refractivity contribution in [3.05, 3.63) is 71.3 Å². The number of benzene rings is 2. The molecule has 0 aromatic heterocycles. The normalized spacial score (nSPS) is 13.9. The van der Waals surface area contributed by atoms with Crippen LogP contribution in [0.1, 0.15) is 31.0 Å². The molecule has 2 rings (SSSR count). The van der Waals surface area contributed by atoms with E-state index < -0.39 is 11.6 Å². The molecule has 112 valence electrons. The molecule has 21 heavy (non-hydrogen) atoms. The molecule has 2 aromatic carbocycles. The third-order valence-electron chi connectivity index (χ3n) is 3.69. The Labute approximate surface area is 125 Å². The fraction of sp³-hybridized carbons (Fsp3) is 0.333. The Bertz CT molecular complexity index is 569. The van der Waals surface area contributed by atoms with Crippen LogP contribution in [0.2, 0.25) is 0 Å². The highest BCUT2D eigenvalue weighted by Crippen LogP contribution is 2.25. The van der Waals surface area contributed by atoms with Crippen LogP contribution in [0, 0.1) is 17.6 Å². The first-order valence-electron chi connectivity index (χ1n) is 7.34. The molecule has 2 atom stereocenters. The van der Waals surface area contributed by atoms with Gasteiger partial charge in [-0.1, -0.05) is 50.2 Å². The third kappa shape index (κ3) is 4.11. The van der Waals surface area contributed by atoms with Crippen molar-refractivity contribution in [3.8, 4) is 0 Å². The lowest BCUT2D eigenvalue weighted by molar-refractivity contribution is 0.390. The Balaban J connectivity index is 2.15. The number of hydrogen-bond donors (Lipinski definition) is 1. The highest BCUT2D eigenvalue weighted by Gasteiger charge is 2.19. The quantitative estimate of drug-likeness (QED) is 0.826. The second-order valence-electron chi connectivity index (χ2n) is 5.38. The molecule has 3 heteroatoms. The molecule has 0 fully saturated rings. The van der Waals surface area contributed by atoms with E-state index in [1.165, 1.54) is 17.7 Å². The lowest BCUT2D eigenvalue weighted by atomic mass is 9.89. The molecular weight excluding hydrogens is 268 g/mol. The molecule has 1 nitrogen and oxygen atoms in total. The van der Waals surface area contributed by atoms with E-state index in [-0.39, 0.29) is 12.0 Å². The summed E-state index contributed by atoms with van der Waals surface area (Å²) >= 11 is 0. The van der Waals surface area contributed by atoms with Crippen molar-refractivity contribution >= 4 is 0 Å². The molecule has 0 spiro atoms. The Kier molecular flexibility index (Phi) is 5.45. The van der Waals surface area contributed by atoms with Crippen LogP contribution in [-0.4, -0.2) is 6.54 Å². The van der Waals surface area contributed by atoms with Crippen molar-refractivity contribution in [1.29, 1.82) is 0 Å². The zero-order chi connectivity index (χ0) is 15.2. The van der Waals surface area contributed by atoms with Gasteiger partial charge in [0.1, 0.15) is 0 Å². The van der Waals surface area contributed by atoms with Gasteiger partial charge in [0, 0.05) is 6.04 Å². The van der Waals surface area contributed by atoms with E-state index in [1.54, 1.807) is 6.07 Å². The molecule has 0 aliphatic rings. The molecular formula is C18H21F2N. The fourth-order valence-corrected chi connectivity index (χ4v) is 2.68. The second-order valence-corrected chi connectivity index (χ2v) is 5.38. The SMILES string of the molecule is CCNC(c1ccccc1)C(C)Cc1ccc(F)c(F)c1. The fourth-order valence-electron chi connectivity index (χ4n) is 2.68. The number of hydrogen-bond acceptors (Lipinski definition) is 1. The summed E-state index contributed by atoms with van der Waals surface area (Å²) in [5, 5.41) is 3.48. The summed E-state index contributed by atoms with van der Waals surface area (Å²) in [4.78, 5) is 0. The van der Waals surface area contributed by atoms with Crippen molar-refractivity contribution in [2.75, 3.05) is 6.54 Å². The van der Waals surface area contributed by atoms with Gasteiger partial charge in [0.2, 0.25) is 0 Å². The van der Waals surface area contributed by atoms with Gasteiger partial charge in [0.25, 0.3) is 0 Å². The number of nitrogens with one attached hydrogen (secondary N) is 1. The molecule has 0 saturated carbocycles. The summed E-state index contributed by atoms with van der Waals surface area (Å²) in [5.74, 6) is -1.30. The largest absolute Gasteiger partial charge is 0.310 e. The predicted octanol–water partition coefficient (Wildman–Crippen LogP) is 4.49. The molecule has 2 aromatic rings. The third-order valence-corrected chi connectivity index (χ3v) is 3.69. The minimum atomic E-state index is -0.794.